The van der Waals surface area contributed by atoms with Crippen LogP contribution in [0.25, 0.3) is 11.1 Å². The molecule has 6 aromatic carbocycles. The number of anilines is 6. The van der Waals surface area contributed by atoms with Gasteiger partial charge in [0.25, 0.3) is 0 Å². The van der Waals surface area contributed by atoms with E-state index in [1.807, 2.05) is 91.0 Å². The summed E-state index contributed by atoms with van der Waals surface area (Å²) in [7, 11) is 0. The van der Waals surface area contributed by atoms with E-state index in [1.54, 1.807) is 0 Å². The molecule has 56 heavy (non-hydrogen) atoms. The first-order valence-corrected chi connectivity index (χ1v) is 17.9. The van der Waals surface area contributed by atoms with E-state index in [4.69, 9.17) is 14.2 Å². The molecule has 0 aliphatic rings. The van der Waals surface area contributed by atoms with Gasteiger partial charge in [0, 0.05) is 52.4 Å². The quantitative estimate of drug-likeness (QED) is 0.0551. The fourth-order valence-corrected chi connectivity index (χ4v) is 5.94. The Balaban J connectivity index is 1.26. The first kappa shape index (κ1) is 38.3. The van der Waals surface area contributed by atoms with Gasteiger partial charge in [0.15, 0.2) is 0 Å². The van der Waals surface area contributed by atoms with Crippen molar-refractivity contribution < 1.29 is 28.6 Å². The number of hydrogen-bond acceptors (Lipinski definition) is 8. The average Bonchev–Trinajstić information content (AvgIpc) is 3.26. The number of para-hydroxylation sites is 1. The van der Waals surface area contributed by atoms with E-state index in [0.29, 0.717) is 0 Å². The molecule has 0 atom stereocenters. The maximum absolute atomic E-state index is 11.6. The highest BCUT2D eigenvalue weighted by molar-refractivity contribution is 5.83. The smallest absolute Gasteiger partial charge is 0.330 e. The fraction of sp³-hybridized carbons (Fsp3) is 0.0625. The molecule has 0 spiro atoms. The number of carbonyl (C=O) groups excluding carboxylic acids is 3. The molecule has 0 heterocycles. The highest BCUT2D eigenvalue weighted by Crippen LogP contribution is 2.38. The highest BCUT2D eigenvalue weighted by Gasteiger charge is 2.16. The molecule has 8 heteroatoms. The summed E-state index contributed by atoms with van der Waals surface area (Å²) in [6, 6.07) is 50.4. The maximum Gasteiger partial charge on any atom is 0.330 e. The normalized spacial score (nSPS) is 10.4. The Kier molecular flexibility index (Phi) is 12.7. The molecule has 0 radical (unpaired) electrons. The lowest BCUT2D eigenvalue weighted by Gasteiger charge is -2.26. The van der Waals surface area contributed by atoms with E-state index in [9.17, 15) is 14.4 Å². The summed E-state index contributed by atoms with van der Waals surface area (Å²) in [4.78, 5) is 39.1. The zero-order valence-electron chi connectivity index (χ0n) is 30.8. The van der Waals surface area contributed by atoms with Crippen molar-refractivity contribution in [1.82, 2.24) is 0 Å². The number of benzene rings is 6. The zero-order chi connectivity index (χ0) is 39.3. The SMILES string of the molecule is C=CC(=O)OCc1ccc(N(c2ccccc2)c2ccc(-c3ccc(N(c4ccc(COC(=O)C=C)cc4)c4ccc(COC(=O)C=C)cc4)cc3)cc2)cc1. The van der Waals surface area contributed by atoms with Crippen LogP contribution in [0.15, 0.2) is 190 Å². The second-order valence-electron chi connectivity index (χ2n) is 12.5. The van der Waals surface area contributed by atoms with Crippen molar-refractivity contribution in [2.75, 3.05) is 9.80 Å². The molecule has 0 saturated carbocycles. The number of rotatable bonds is 16. The Morgan fingerprint density at radius 2 is 0.625 bits per heavy atom. The van der Waals surface area contributed by atoms with Gasteiger partial charge in [-0.05, 0) is 101 Å². The van der Waals surface area contributed by atoms with Crippen LogP contribution in [0.4, 0.5) is 34.1 Å². The average molecular weight is 741 g/mol. The summed E-state index contributed by atoms with van der Waals surface area (Å²) in [6.07, 6.45) is 3.44. The van der Waals surface area contributed by atoms with Crippen LogP contribution in [0.1, 0.15) is 16.7 Å². The zero-order valence-corrected chi connectivity index (χ0v) is 30.8. The molecule has 0 aromatic heterocycles. The van der Waals surface area contributed by atoms with Crippen LogP contribution in [0, 0.1) is 0 Å². The van der Waals surface area contributed by atoms with Crippen LogP contribution < -0.4 is 9.80 Å². The largest absolute Gasteiger partial charge is 0.458 e. The van der Waals surface area contributed by atoms with E-state index < -0.39 is 17.9 Å². The third kappa shape index (κ3) is 9.75. The van der Waals surface area contributed by atoms with Crippen molar-refractivity contribution in [3.05, 3.63) is 206 Å². The lowest BCUT2D eigenvalue weighted by molar-refractivity contribution is -0.139. The van der Waals surface area contributed by atoms with Crippen molar-refractivity contribution in [1.29, 1.82) is 0 Å². The van der Waals surface area contributed by atoms with Gasteiger partial charge in [-0.1, -0.05) is 98.6 Å². The minimum atomic E-state index is -0.477. The maximum atomic E-state index is 11.6. The van der Waals surface area contributed by atoms with Crippen molar-refractivity contribution in [3.8, 4) is 11.1 Å². The van der Waals surface area contributed by atoms with Crippen LogP contribution >= 0.6 is 0 Å². The standard InChI is InChI=1S/C48H40N2O6/c1-4-46(51)54-32-35-12-22-41(23-13-35)49(40-10-8-7-9-11-40)44-28-18-38(19-29-44)39-20-30-45(31-21-39)50(42-24-14-36(15-25-42)33-55-47(52)5-2)43-26-16-37(17-27-43)34-56-48(53)6-3/h4-31H,1-3,32-34H2. The second-order valence-corrected chi connectivity index (χ2v) is 12.5. The summed E-state index contributed by atoms with van der Waals surface area (Å²) in [5.74, 6) is -1.41. The van der Waals surface area contributed by atoms with E-state index in [-0.39, 0.29) is 19.8 Å². The third-order valence-corrected chi connectivity index (χ3v) is 8.83. The first-order valence-electron chi connectivity index (χ1n) is 17.9. The molecule has 0 N–H and O–H groups in total. The Hall–Kier alpha value is -7.45. The monoisotopic (exact) mass is 740 g/mol. The van der Waals surface area contributed by atoms with Gasteiger partial charge < -0.3 is 24.0 Å². The summed E-state index contributed by atoms with van der Waals surface area (Å²) in [5.41, 5.74) is 10.3. The van der Waals surface area contributed by atoms with Crippen LogP contribution in [0.5, 0.6) is 0 Å². The molecule has 6 rings (SSSR count). The Morgan fingerprint density at radius 1 is 0.375 bits per heavy atom. The van der Waals surface area contributed by atoms with Crippen LogP contribution in [0.2, 0.25) is 0 Å². The number of hydrogen-bond donors (Lipinski definition) is 0. The molecule has 0 bridgehead atoms. The van der Waals surface area contributed by atoms with Gasteiger partial charge in [-0.3, -0.25) is 0 Å². The molecule has 8 nitrogen and oxygen atoms in total. The molecule has 0 unspecified atom stereocenters. The molecule has 6 aromatic rings. The van der Waals surface area contributed by atoms with Gasteiger partial charge in [0.05, 0.1) is 0 Å². The molecule has 0 aliphatic carbocycles. The number of carbonyl (C=O) groups is 3. The Labute approximate surface area is 326 Å². The van der Waals surface area contributed by atoms with Crippen LogP contribution in [-0.4, -0.2) is 17.9 Å². The van der Waals surface area contributed by atoms with E-state index in [0.717, 1.165) is 80.2 Å². The Morgan fingerprint density at radius 3 is 0.893 bits per heavy atom. The molecular weight excluding hydrogens is 701 g/mol. The fourth-order valence-electron chi connectivity index (χ4n) is 5.94. The predicted octanol–water partition coefficient (Wildman–Crippen LogP) is 11.0. The molecule has 278 valence electrons. The second kappa shape index (κ2) is 18.5. The van der Waals surface area contributed by atoms with Crippen molar-refractivity contribution in [2.45, 2.75) is 19.8 Å². The topological polar surface area (TPSA) is 85.4 Å². The Bertz CT molecular complexity index is 2220. The van der Waals surface area contributed by atoms with E-state index in [2.05, 4.69) is 90.2 Å². The summed E-state index contributed by atoms with van der Waals surface area (Å²) < 4.78 is 15.6. The van der Waals surface area contributed by atoms with Gasteiger partial charge >= 0.3 is 17.9 Å². The lowest BCUT2D eigenvalue weighted by atomic mass is 10.0. The van der Waals surface area contributed by atoms with Crippen molar-refractivity contribution in [2.24, 2.45) is 0 Å². The van der Waals surface area contributed by atoms with Gasteiger partial charge in [-0.25, -0.2) is 14.4 Å². The lowest BCUT2D eigenvalue weighted by Crippen LogP contribution is -2.10. The predicted molar refractivity (Wildman–Crippen MR) is 221 cm³/mol. The van der Waals surface area contributed by atoms with Gasteiger partial charge in [0.2, 0.25) is 0 Å². The van der Waals surface area contributed by atoms with Gasteiger partial charge in [0.1, 0.15) is 19.8 Å². The number of esters is 3. The molecule has 0 saturated heterocycles. The minimum Gasteiger partial charge on any atom is -0.458 e. The van der Waals surface area contributed by atoms with E-state index in [1.165, 1.54) is 0 Å². The molecule has 0 aliphatic heterocycles. The first-order chi connectivity index (χ1) is 27.3. The summed E-state index contributed by atoms with van der Waals surface area (Å²) in [6.45, 7) is 10.8. The number of nitrogens with zero attached hydrogens (tertiary/aromatic N) is 2. The molecule has 0 fully saturated rings. The molecule has 0 amide bonds. The van der Waals surface area contributed by atoms with Crippen LogP contribution in [0.3, 0.4) is 0 Å². The van der Waals surface area contributed by atoms with E-state index >= 15 is 0 Å². The summed E-state index contributed by atoms with van der Waals surface area (Å²) in [5, 5.41) is 0. The minimum absolute atomic E-state index is 0.140. The molecular formula is C48H40N2O6. The third-order valence-electron chi connectivity index (χ3n) is 8.83. The van der Waals surface area contributed by atoms with Crippen molar-refractivity contribution >= 4 is 52.0 Å². The van der Waals surface area contributed by atoms with Crippen LogP contribution in [-0.2, 0) is 48.4 Å². The highest BCUT2D eigenvalue weighted by atomic mass is 16.5. The van der Waals surface area contributed by atoms with Crippen molar-refractivity contribution in [3.63, 3.8) is 0 Å². The number of ether oxygens (including phenoxy) is 3. The van der Waals surface area contributed by atoms with Gasteiger partial charge in [-0.15, -0.1) is 0 Å². The summed E-state index contributed by atoms with van der Waals surface area (Å²) >= 11 is 0. The van der Waals surface area contributed by atoms with Gasteiger partial charge in [-0.2, -0.15) is 0 Å².